The first-order valence-corrected chi connectivity index (χ1v) is 13.0. The summed E-state index contributed by atoms with van der Waals surface area (Å²) < 4.78 is 10.8. The Morgan fingerprint density at radius 2 is 1.40 bits per heavy atom. The van der Waals surface area contributed by atoms with Gasteiger partial charge in [-0.3, -0.25) is 9.59 Å². The summed E-state index contributed by atoms with van der Waals surface area (Å²) in [4.78, 5) is 51.8. The molecule has 0 unspecified atom stereocenters. The van der Waals surface area contributed by atoms with E-state index in [2.05, 4.69) is 5.32 Å². The van der Waals surface area contributed by atoms with Crippen LogP contribution < -0.4 is 15.0 Å². The van der Waals surface area contributed by atoms with Crippen molar-refractivity contribution in [3.8, 4) is 5.75 Å². The van der Waals surface area contributed by atoms with E-state index in [1.165, 1.54) is 24.3 Å². The number of hydrogen-bond acceptors (Lipinski definition) is 7. The number of para-hydroxylation sites is 1. The van der Waals surface area contributed by atoms with Gasteiger partial charge in [-0.15, -0.1) is 0 Å². The van der Waals surface area contributed by atoms with Crippen LogP contribution in [-0.2, 0) is 19.7 Å². The topological polar surface area (TPSA) is 102 Å². The van der Waals surface area contributed by atoms with Gasteiger partial charge in [-0.2, -0.15) is 0 Å². The first kappa shape index (κ1) is 28.6. The molecular weight excluding hydrogens is 532 g/mol. The Balaban J connectivity index is 1.46. The minimum Gasteiger partial charge on any atom is -0.459 e. The third-order valence-corrected chi connectivity index (χ3v) is 6.37. The van der Waals surface area contributed by atoms with Crippen molar-refractivity contribution in [1.82, 2.24) is 0 Å². The molecular formula is C31H29ClN2O6. The van der Waals surface area contributed by atoms with Gasteiger partial charge in [0.25, 0.3) is 11.8 Å². The van der Waals surface area contributed by atoms with Crippen LogP contribution in [0.2, 0.25) is 0 Å². The molecule has 0 radical (unpaired) electrons. The lowest BCUT2D eigenvalue weighted by atomic mass is 9.86. The molecule has 8 nitrogen and oxygen atoms in total. The van der Waals surface area contributed by atoms with Crippen LogP contribution in [0.15, 0.2) is 83.5 Å². The van der Waals surface area contributed by atoms with Crippen molar-refractivity contribution >= 4 is 46.7 Å². The second kappa shape index (κ2) is 11.4. The lowest BCUT2D eigenvalue weighted by Crippen LogP contribution is -2.32. The zero-order chi connectivity index (χ0) is 29.2. The van der Waals surface area contributed by atoms with Crippen LogP contribution in [0, 0.1) is 0 Å². The predicted octanol–water partition coefficient (Wildman–Crippen LogP) is 6.20. The molecule has 0 saturated heterocycles. The van der Waals surface area contributed by atoms with Crippen molar-refractivity contribution < 1.29 is 28.7 Å². The molecule has 0 saturated carbocycles. The van der Waals surface area contributed by atoms with Crippen LogP contribution in [0.1, 0.15) is 60.9 Å². The molecule has 0 aliphatic carbocycles. The van der Waals surface area contributed by atoms with Crippen molar-refractivity contribution in [2.45, 2.75) is 46.1 Å². The highest BCUT2D eigenvalue weighted by atomic mass is 35.5. The highest BCUT2D eigenvalue weighted by Crippen LogP contribution is 2.32. The fourth-order valence-corrected chi connectivity index (χ4v) is 4.26. The maximum atomic E-state index is 13.1. The number of amides is 2. The highest BCUT2D eigenvalue weighted by molar-refractivity contribution is 6.53. The summed E-state index contributed by atoms with van der Waals surface area (Å²) in [6.45, 7) is 9.59. The van der Waals surface area contributed by atoms with Gasteiger partial charge >= 0.3 is 11.9 Å². The van der Waals surface area contributed by atoms with E-state index in [9.17, 15) is 19.2 Å². The van der Waals surface area contributed by atoms with Crippen molar-refractivity contribution in [2.75, 3.05) is 10.2 Å². The van der Waals surface area contributed by atoms with E-state index in [0.29, 0.717) is 17.0 Å². The van der Waals surface area contributed by atoms with Gasteiger partial charge in [0, 0.05) is 11.3 Å². The lowest BCUT2D eigenvalue weighted by molar-refractivity contribution is -0.120. The molecule has 9 heteroatoms. The van der Waals surface area contributed by atoms with Crippen LogP contribution in [0.3, 0.4) is 0 Å². The van der Waals surface area contributed by atoms with E-state index >= 15 is 0 Å². The number of nitrogens with one attached hydrogen (secondary N) is 1. The molecule has 0 spiro atoms. The van der Waals surface area contributed by atoms with E-state index in [4.69, 9.17) is 21.1 Å². The molecule has 2 amide bonds. The number of benzene rings is 3. The molecule has 1 heterocycles. The van der Waals surface area contributed by atoms with Gasteiger partial charge in [-0.25, -0.2) is 14.5 Å². The summed E-state index contributed by atoms with van der Waals surface area (Å²) in [6, 6.07) is 19.5. The molecule has 3 aromatic carbocycles. The van der Waals surface area contributed by atoms with E-state index < -0.39 is 23.8 Å². The molecule has 3 aromatic rings. The third kappa shape index (κ3) is 6.07. The number of imide groups is 1. The molecule has 1 aliphatic rings. The fraction of sp³-hybridized carbons (Fsp3) is 0.226. The van der Waals surface area contributed by atoms with Crippen LogP contribution in [-0.4, -0.2) is 29.9 Å². The second-order valence-electron chi connectivity index (χ2n) is 10.5. The summed E-state index contributed by atoms with van der Waals surface area (Å²) in [5.41, 5.74) is 1.87. The predicted molar refractivity (Wildman–Crippen MR) is 153 cm³/mol. The van der Waals surface area contributed by atoms with Gasteiger partial charge in [0.15, 0.2) is 0 Å². The Labute approximate surface area is 237 Å². The zero-order valence-corrected chi connectivity index (χ0v) is 23.5. The zero-order valence-electron chi connectivity index (χ0n) is 22.8. The smallest absolute Gasteiger partial charge is 0.343 e. The van der Waals surface area contributed by atoms with Crippen molar-refractivity contribution in [2.24, 2.45) is 0 Å². The summed E-state index contributed by atoms with van der Waals surface area (Å²) >= 11 is 6.24. The molecule has 0 atom stereocenters. The van der Waals surface area contributed by atoms with Gasteiger partial charge in [0.05, 0.1) is 22.9 Å². The molecule has 1 N–H and O–H groups in total. The van der Waals surface area contributed by atoms with Gasteiger partial charge < -0.3 is 14.8 Å². The Morgan fingerprint density at radius 3 is 2.00 bits per heavy atom. The molecule has 4 rings (SSSR count). The Hall–Kier alpha value is -4.43. The van der Waals surface area contributed by atoms with Crippen LogP contribution in [0.5, 0.6) is 5.75 Å². The number of hydrogen-bond donors (Lipinski definition) is 1. The highest BCUT2D eigenvalue weighted by Gasteiger charge is 2.39. The largest absolute Gasteiger partial charge is 0.459 e. The Bertz CT molecular complexity index is 1500. The Kier molecular flexibility index (Phi) is 8.11. The van der Waals surface area contributed by atoms with Gasteiger partial charge in [0.2, 0.25) is 0 Å². The number of halogens is 1. The fourth-order valence-electron chi connectivity index (χ4n) is 4.04. The number of nitrogens with zero attached hydrogens (tertiary/aromatic N) is 1. The first-order valence-electron chi connectivity index (χ1n) is 12.6. The van der Waals surface area contributed by atoms with Crippen LogP contribution in [0.25, 0.3) is 0 Å². The van der Waals surface area contributed by atoms with Gasteiger partial charge in [-0.05, 0) is 73.9 Å². The van der Waals surface area contributed by atoms with Crippen molar-refractivity contribution in [3.05, 3.63) is 100 Å². The van der Waals surface area contributed by atoms with Crippen molar-refractivity contribution in [3.63, 3.8) is 0 Å². The average molecular weight is 561 g/mol. The number of rotatable bonds is 7. The number of carbonyl (C=O) groups excluding carboxylic acids is 4. The third-order valence-electron chi connectivity index (χ3n) is 6.02. The molecule has 0 fully saturated rings. The monoisotopic (exact) mass is 560 g/mol. The molecule has 0 bridgehead atoms. The van der Waals surface area contributed by atoms with Crippen molar-refractivity contribution in [1.29, 1.82) is 0 Å². The lowest BCUT2D eigenvalue weighted by Gasteiger charge is -2.22. The standard InChI is InChI=1S/C31H29ClN2O6/c1-18(2)39-29(37)20-12-16-22(17-13-20)34-27(35)25(32)26(28(34)36)33-21-14-10-19(11-15-21)30(38)40-24-9-7-6-8-23(24)31(3,4)5/h6-18,33H,1-5H3. The van der Waals surface area contributed by atoms with Crippen LogP contribution in [0.4, 0.5) is 11.4 Å². The van der Waals surface area contributed by atoms with E-state index in [-0.39, 0.29) is 33.5 Å². The van der Waals surface area contributed by atoms with E-state index in [1.807, 2.05) is 32.9 Å². The number of ether oxygens (including phenoxy) is 2. The maximum Gasteiger partial charge on any atom is 0.343 e. The minimum absolute atomic E-state index is 0.107. The molecule has 206 valence electrons. The van der Waals surface area contributed by atoms with Gasteiger partial charge in [0.1, 0.15) is 16.5 Å². The van der Waals surface area contributed by atoms with E-state index in [1.54, 1.807) is 50.2 Å². The maximum absolute atomic E-state index is 13.1. The second-order valence-corrected chi connectivity index (χ2v) is 10.9. The summed E-state index contributed by atoms with van der Waals surface area (Å²) in [7, 11) is 0. The molecule has 40 heavy (non-hydrogen) atoms. The first-order chi connectivity index (χ1) is 18.9. The summed E-state index contributed by atoms with van der Waals surface area (Å²) in [6.07, 6.45) is -0.282. The number of anilines is 2. The summed E-state index contributed by atoms with van der Waals surface area (Å²) in [5, 5.41) is 2.59. The SMILES string of the molecule is CC(C)OC(=O)c1ccc(N2C(=O)C(Cl)=C(Nc3ccc(C(=O)Oc4ccccc4C(C)(C)C)cc3)C2=O)cc1. The number of carbonyl (C=O) groups is 4. The normalized spacial score (nSPS) is 13.6. The van der Waals surface area contributed by atoms with Gasteiger partial charge in [-0.1, -0.05) is 50.6 Å². The molecule has 0 aromatic heterocycles. The number of esters is 2. The summed E-state index contributed by atoms with van der Waals surface area (Å²) in [5.74, 6) is -1.91. The Morgan fingerprint density at radius 1 is 0.825 bits per heavy atom. The van der Waals surface area contributed by atoms with Crippen LogP contribution >= 0.6 is 11.6 Å². The minimum atomic E-state index is -0.704. The quantitative estimate of drug-likeness (QED) is 0.208. The van der Waals surface area contributed by atoms with E-state index in [0.717, 1.165) is 10.5 Å². The average Bonchev–Trinajstić information content (AvgIpc) is 3.11. The molecule has 1 aliphatic heterocycles.